The summed E-state index contributed by atoms with van der Waals surface area (Å²) in [4.78, 5) is 0. The predicted octanol–water partition coefficient (Wildman–Crippen LogP) is 5.70. The van der Waals surface area contributed by atoms with Gasteiger partial charge in [0.15, 0.2) is 0 Å². The molecule has 0 saturated heterocycles. The van der Waals surface area contributed by atoms with Crippen molar-refractivity contribution in [3.05, 3.63) is 35.5 Å². The lowest BCUT2D eigenvalue weighted by atomic mass is 9.60. The fourth-order valence-electron chi connectivity index (χ4n) is 6.69. The molecule has 0 aromatic rings. The van der Waals surface area contributed by atoms with Crippen LogP contribution in [0.5, 0.6) is 0 Å². The molecule has 3 heteroatoms. The van der Waals surface area contributed by atoms with Crippen molar-refractivity contribution < 1.29 is 15.3 Å². The van der Waals surface area contributed by atoms with Gasteiger partial charge in [-0.3, -0.25) is 0 Å². The van der Waals surface area contributed by atoms with Crippen LogP contribution in [0.4, 0.5) is 0 Å². The molecule has 0 radical (unpaired) electrons. The largest absolute Gasteiger partial charge is 0.390 e. The minimum Gasteiger partial charge on any atom is -0.390 e. The highest BCUT2D eigenvalue weighted by molar-refractivity contribution is 5.37. The minimum atomic E-state index is -0.672. The molecule has 0 aliphatic heterocycles. The highest BCUT2D eigenvalue weighted by atomic mass is 16.3. The molecule has 3 saturated carbocycles. The van der Waals surface area contributed by atoms with E-state index in [2.05, 4.69) is 32.6 Å². The third kappa shape index (κ3) is 5.29. The summed E-state index contributed by atoms with van der Waals surface area (Å²) in [5.41, 5.74) is 3.48. The Kier molecular flexibility index (Phi) is 7.37. The van der Waals surface area contributed by atoms with Gasteiger partial charge in [-0.2, -0.15) is 0 Å². The molecule has 0 unspecified atom stereocenters. The molecule has 0 aromatic heterocycles. The molecule has 6 atom stereocenters. The van der Waals surface area contributed by atoms with E-state index in [1.807, 2.05) is 13.8 Å². The molecule has 0 bridgehead atoms. The Bertz CT molecular complexity index is 683. The normalized spacial score (nSPS) is 38.8. The van der Waals surface area contributed by atoms with Crippen molar-refractivity contribution in [1.29, 1.82) is 0 Å². The SMILES string of the molecule is C=C1C[C@@H](O)[C@H](O)C/C1=C/C=C1\CCC[C@]2(C)[C@@H]([C@H](C)CCCC(C)(C)O)CC[C@@H]12. The second-order valence-corrected chi connectivity index (χ2v) is 11.4. The summed E-state index contributed by atoms with van der Waals surface area (Å²) in [6, 6.07) is 0. The average Bonchev–Trinajstić information content (AvgIpc) is 3.00. The van der Waals surface area contributed by atoms with Gasteiger partial charge in [-0.1, -0.05) is 51.0 Å². The molecule has 3 nitrogen and oxygen atoms in total. The topological polar surface area (TPSA) is 60.7 Å². The van der Waals surface area contributed by atoms with Crippen molar-refractivity contribution in [3.8, 4) is 0 Å². The zero-order chi connectivity index (χ0) is 22.1. The highest BCUT2D eigenvalue weighted by Crippen LogP contribution is 2.60. The molecule has 170 valence electrons. The molecule has 3 N–H and O–H groups in total. The first-order chi connectivity index (χ1) is 14.0. The molecule has 0 heterocycles. The van der Waals surface area contributed by atoms with Crippen molar-refractivity contribution in [2.45, 2.75) is 110 Å². The van der Waals surface area contributed by atoms with Gasteiger partial charge >= 0.3 is 0 Å². The molecular formula is C27H44O3. The first kappa shape index (κ1) is 23.8. The first-order valence-electron chi connectivity index (χ1n) is 12.2. The number of allylic oxidation sites excluding steroid dienone is 3. The molecule has 3 fully saturated rings. The van der Waals surface area contributed by atoms with Crippen molar-refractivity contribution in [2.75, 3.05) is 0 Å². The quantitative estimate of drug-likeness (QED) is 0.520. The number of hydrogen-bond donors (Lipinski definition) is 3. The Morgan fingerprint density at radius 3 is 2.57 bits per heavy atom. The molecule has 30 heavy (non-hydrogen) atoms. The van der Waals surface area contributed by atoms with Crippen molar-refractivity contribution in [2.24, 2.45) is 23.2 Å². The van der Waals surface area contributed by atoms with Gasteiger partial charge in [-0.25, -0.2) is 0 Å². The summed E-state index contributed by atoms with van der Waals surface area (Å²) < 4.78 is 0. The predicted molar refractivity (Wildman–Crippen MR) is 124 cm³/mol. The maximum Gasteiger partial charge on any atom is 0.0842 e. The van der Waals surface area contributed by atoms with Crippen LogP contribution in [0, 0.1) is 23.2 Å². The van der Waals surface area contributed by atoms with Crippen molar-refractivity contribution in [3.63, 3.8) is 0 Å². The standard InChI is InChI=1S/C27H44O3/c1-18(8-6-14-26(3,4)30)22-12-13-23-20(9-7-15-27(22,23)5)10-11-21-17-25(29)24(28)16-19(21)2/h10-11,18,22-25,28-30H,2,6-9,12-17H2,1,3-5H3/b20-10+,21-11-/t18-,22-,23+,24-,25-,27-/m1/s1. The summed E-state index contributed by atoms with van der Waals surface area (Å²) in [5, 5.41) is 29.9. The van der Waals surface area contributed by atoms with Crippen LogP contribution >= 0.6 is 0 Å². The Labute approximate surface area is 184 Å². The second-order valence-electron chi connectivity index (χ2n) is 11.4. The van der Waals surface area contributed by atoms with Crippen LogP contribution in [0.3, 0.4) is 0 Å². The van der Waals surface area contributed by atoms with E-state index in [4.69, 9.17) is 0 Å². The Morgan fingerprint density at radius 1 is 1.17 bits per heavy atom. The fraction of sp³-hybridized carbons (Fsp3) is 0.778. The molecule has 0 amide bonds. The summed E-state index contributed by atoms with van der Waals surface area (Å²) in [7, 11) is 0. The lowest BCUT2D eigenvalue weighted by molar-refractivity contribution is 0.0138. The van der Waals surface area contributed by atoms with Gasteiger partial charge < -0.3 is 15.3 Å². The van der Waals surface area contributed by atoms with E-state index in [0.29, 0.717) is 30.1 Å². The van der Waals surface area contributed by atoms with Crippen LogP contribution in [0.25, 0.3) is 0 Å². The van der Waals surface area contributed by atoms with Gasteiger partial charge in [-0.05, 0) is 86.7 Å². The molecular weight excluding hydrogens is 372 g/mol. The summed E-state index contributed by atoms with van der Waals surface area (Å²) in [6.07, 6.45) is 13.7. The van der Waals surface area contributed by atoms with Crippen molar-refractivity contribution in [1.82, 2.24) is 0 Å². The van der Waals surface area contributed by atoms with Gasteiger partial charge in [0, 0.05) is 12.8 Å². The van der Waals surface area contributed by atoms with E-state index in [-0.39, 0.29) is 0 Å². The highest BCUT2D eigenvalue weighted by Gasteiger charge is 2.50. The van der Waals surface area contributed by atoms with Gasteiger partial charge in [-0.15, -0.1) is 0 Å². The fourth-order valence-corrected chi connectivity index (χ4v) is 6.69. The van der Waals surface area contributed by atoms with Crippen LogP contribution < -0.4 is 0 Å². The van der Waals surface area contributed by atoms with E-state index >= 15 is 0 Å². The smallest absolute Gasteiger partial charge is 0.0842 e. The van der Waals surface area contributed by atoms with Gasteiger partial charge in [0.1, 0.15) is 0 Å². The third-order valence-electron chi connectivity index (χ3n) is 8.45. The lowest BCUT2D eigenvalue weighted by Crippen LogP contribution is -2.36. The zero-order valence-corrected chi connectivity index (χ0v) is 19.7. The van der Waals surface area contributed by atoms with Gasteiger partial charge in [0.25, 0.3) is 0 Å². The van der Waals surface area contributed by atoms with Crippen LogP contribution in [-0.4, -0.2) is 33.1 Å². The monoisotopic (exact) mass is 416 g/mol. The lowest BCUT2D eigenvalue weighted by Gasteiger charge is -2.44. The molecule has 3 aliphatic rings. The Morgan fingerprint density at radius 2 is 1.87 bits per heavy atom. The number of aliphatic hydroxyl groups is 3. The summed E-state index contributed by atoms with van der Waals surface area (Å²) >= 11 is 0. The van der Waals surface area contributed by atoms with Crippen LogP contribution in [-0.2, 0) is 0 Å². The average molecular weight is 417 g/mol. The van der Waals surface area contributed by atoms with E-state index in [1.165, 1.54) is 38.5 Å². The van der Waals surface area contributed by atoms with Crippen LogP contribution in [0.2, 0.25) is 0 Å². The van der Waals surface area contributed by atoms with Gasteiger partial charge in [0.05, 0.1) is 17.8 Å². The molecule has 0 spiro atoms. The van der Waals surface area contributed by atoms with E-state index in [1.54, 1.807) is 5.57 Å². The number of aliphatic hydroxyl groups excluding tert-OH is 2. The van der Waals surface area contributed by atoms with Crippen LogP contribution in [0.1, 0.15) is 91.9 Å². The van der Waals surface area contributed by atoms with E-state index < -0.39 is 17.8 Å². The first-order valence-corrected chi connectivity index (χ1v) is 12.2. The molecule has 3 rings (SSSR count). The van der Waals surface area contributed by atoms with Crippen molar-refractivity contribution >= 4 is 0 Å². The maximum atomic E-state index is 10.0. The molecule has 0 aromatic carbocycles. The van der Waals surface area contributed by atoms with Crippen LogP contribution in [0.15, 0.2) is 35.5 Å². The number of rotatable bonds is 6. The van der Waals surface area contributed by atoms with E-state index in [9.17, 15) is 15.3 Å². The maximum absolute atomic E-state index is 10.0. The zero-order valence-electron chi connectivity index (χ0n) is 19.7. The summed E-state index contributed by atoms with van der Waals surface area (Å²) in [5.74, 6) is 2.13. The number of hydrogen-bond acceptors (Lipinski definition) is 3. The third-order valence-corrected chi connectivity index (χ3v) is 8.45. The Balaban J connectivity index is 1.69. The van der Waals surface area contributed by atoms with Gasteiger partial charge in [0.2, 0.25) is 0 Å². The second kappa shape index (κ2) is 9.30. The summed E-state index contributed by atoms with van der Waals surface area (Å²) in [6.45, 7) is 12.9. The molecule has 3 aliphatic carbocycles. The minimum absolute atomic E-state index is 0.385. The Hall–Kier alpha value is -0.900. The number of fused-ring (bicyclic) bond motifs is 1. The van der Waals surface area contributed by atoms with E-state index in [0.717, 1.165) is 29.9 Å².